The van der Waals surface area contributed by atoms with Gasteiger partial charge in [-0.2, -0.15) is 0 Å². The number of aromatic nitrogens is 1. The highest BCUT2D eigenvalue weighted by molar-refractivity contribution is 9.10. The lowest BCUT2D eigenvalue weighted by Gasteiger charge is -2.26. The summed E-state index contributed by atoms with van der Waals surface area (Å²) in [5.74, 6) is -1.27. The highest BCUT2D eigenvalue weighted by Gasteiger charge is 2.48. The topological polar surface area (TPSA) is 79.7 Å². The first kappa shape index (κ1) is 22.0. The van der Waals surface area contributed by atoms with Gasteiger partial charge in [-0.3, -0.25) is 19.5 Å². The van der Waals surface area contributed by atoms with Gasteiger partial charge in [0.2, 0.25) is 0 Å². The molecule has 3 aromatic rings. The van der Waals surface area contributed by atoms with Crippen LogP contribution in [0.15, 0.2) is 70.8 Å². The minimum Gasteiger partial charge on any atom is -0.507 e. The zero-order chi connectivity index (χ0) is 23.0. The van der Waals surface area contributed by atoms with Gasteiger partial charge in [-0.05, 0) is 76.9 Å². The lowest BCUT2D eigenvalue weighted by Crippen LogP contribution is -2.30. The zero-order valence-electron chi connectivity index (χ0n) is 17.2. The van der Waals surface area contributed by atoms with Gasteiger partial charge >= 0.3 is 0 Å². The van der Waals surface area contributed by atoms with Crippen LogP contribution in [0, 0.1) is 6.92 Å². The van der Waals surface area contributed by atoms with E-state index < -0.39 is 17.7 Å². The summed E-state index contributed by atoms with van der Waals surface area (Å²) < 4.78 is 5.84. The predicted molar refractivity (Wildman–Crippen MR) is 126 cm³/mol. The van der Waals surface area contributed by atoms with Gasteiger partial charge in [0.25, 0.3) is 11.7 Å². The number of anilines is 1. The Hall–Kier alpha value is -3.16. The van der Waals surface area contributed by atoms with Gasteiger partial charge in [0.05, 0.1) is 22.8 Å². The van der Waals surface area contributed by atoms with Crippen molar-refractivity contribution in [2.45, 2.75) is 13.0 Å². The monoisotopic (exact) mass is 512 g/mol. The summed E-state index contributed by atoms with van der Waals surface area (Å²) in [4.78, 5) is 32.1. The summed E-state index contributed by atoms with van der Waals surface area (Å²) in [5, 5.41) is 11.7. The Labute approximate surface area is 198 Å². The van der Waals surface area contributed by atoms with Crippen LogP contribution in [0.4, 0.5) is 5.69 Å². The number of pyridine rings is 1. The standard InChI is InChI=1S/C24H18BrClN2O4/c1-13-11-15(26)7-8-18(13)28-21(17-5-3-4-10-27-17)20(23(30)24(28)31)22(29)14-6-9-19(32-2)16(25)12-14/h3-12,21,29H,1-2H3/b22-20+. The summed E-state index contributed by atoms with van der Waals surface area (Å²) in [5.41, 5.74) is 2.01. The van der Waals surface area contributed by atoms with Crippen molar-refractivity contribution in [3.8, 4) is 5.75 Å². The number of rotatable bonds is 4. The third-order valence-electron chi connectivity index (χ3n) is 5.26. The third-order valence-corrected chi connectivity index (χ3v) is 6.11. The van der Waals surface area contributed by atoms with Crippen molar-refractivity contribution in [1.82, 2.24) is 4.98 Å². The molecule has 4 rings (SSSR count). The number of ether oxygens (including phenoxy) is 1. The number of benzene rings is 2. The van der Waals surface area contributed by atoms with Crippen molar-refractivity contribution in [2.24, 2.45) is 0 Å². The van der Waals surface area contributed by atoms with Crippen LogP contribution in [0.5, 0.6) is 5.75 Å². The van der Waals surface area contributed by atoms with Gasteiger partial charge < -0.3 is 9.84 Å². The molecule has 1 aromatic heterocycles. The van der Waals surface area contributed by atoms with Gasteiger partial charge in [0.15, 0.2) is 0 Å². The van der Waals surface area contributed by atoms with Crippen LogP contribution in [0.3, 0.4) is 0 Å². The fourth-order valence-corrected chi connectivity index (χ4v) is 4.52. The van der Waals surface area contributed by atoms with Crippen molar-refractivity contribution in [2.75, 3.05) is 12.0 Å². The summed E-state index contributed by atoms with van der Waals surface area (Å²) >= 11 is 9.48. The van der Waals surface area contributed by atoms with E-state index in [9.17, 15) is 14.7 Å². The molecule has 0 spiro atoms. The molecule has 0 bridgehead atoms. The second-order valence-corrected chi connectivity index (χ2v) is 8.49. The summed E-state index contributed by atoms with van der Waals surface area (Å²) in [6, 6.07) is 14.3. The van der Waals surface area contributed by atoms with Crippen LogP contribution in [0.1, 0.15) is 22.9 Å². The van der Waals surface area contributed by atoms with E-state index in [2.05, 4.69) is 20.9 Å². The van der Waals surface area contributed by atoms with E-state index in [0.29, 0.717) is 37.8 Å². The number of halogens is 2. The maximum Gasteiger partial charge on any atom is 0.300 e. The first-order valence-electron chi connectivity index (χ1n) is 9.65. The fourth-order valence-electron chi connectivity index (χ4n) is 3.76. The zero-order valence-corrected chi connectivity index (χ0v) is 19.5. The maximum absolute atomic E-state index is 13.2. The molecule has 1 unspecified atom stereocenters. The van der Waals surface area contributed by atoms with E-state index >= 15 is 0 Å². The van der Waals surface area contributed by atoms with Gasteiger partial charge in [-0.25, -0.2) is 0 Å². The van der Waals surface area contributed by atoms with E-state index in [4.69, 9.17) is 16.3 Å². The Morgan fingerprint density at radius 3 is 2.56 bits per heavy atom. The normalized spacial score (nSPS) is 17.6. The molecular weight excluding hydrogens is 496 g/mol. The SMILES string of the molecule is COc1ccc(/C(O)=C2\C(=O)C(=O)N(c3ccc(Cl)cc3C)C2c2ccccn2)cc1Br. The number of hydrogen-bond donors (Lipinski definition) is 1. The number of aliphatic hydroxyl groups excluding tert-OH is 1. The number of methoxy groups -OCH3 is 1. The minimum absolute atomic E-state index is 0.0416. The number of aryl methyl sites for hydroxylation is 1. The molecule has 0 saturated carbocycles. The summed E-state index contributed by atoms with van der Waals surface area (Å²) in [6.07, 6.45) is 1.58. The molecule has 1 aliphatic rings. The van der Waals surface area contributed by atoms with E-state index in [1.165, 1.54) is 12.0 Å². The van der Waals surface area contributed by atoms with Crippen LogP contribution in [-0.4, -0.2) is 28.9 Å². The Bertz CT molecular complexity index is 1260. The molecule has 2 heterocycles. The van der Waals surface area contributed by atoms with Gasteiger partial charge in [0, 0.05) is 22.5 Å². The molecule has 1 N–H and O–H groups in total. The molecule has 32 heavy (non-hydrogen) atoms. The van der Waals surface area contributed by atoms with Crippen LogP contribution in [0.2, 0.25) is 5.02 Å². The number of nitrogens with zero attached hydrogens (tertiary/aromatic N) is 2. The molecule has 0 radical (unpaired) electrons. The number of aliphatic hydroxyl groups is 1. The number of Topliss-reactive ketones (excluding diaryl/α,β-unsaturated/α-hetero) is 1. The van der Waals surface area contributed by atoms with E-state index in [0.717, 1.165) is 0 Å². The number of carbonyl (C=O) groups excluding carboxylic acids is 2. The van der Waals surface area contributed by atoms with E-state index in [1.54, 1.807) is 67.7 Å². The Balaban J connectivity index is 1.95. The fraction of sp³-hybridized carbons (Fsp3) is 0.125. The van der Waals surface area contributed by atoms with Crippen LogP contribution >= 0.6 is 27.5 Å². The van der Waals surface area contributed by atoms with Crippen molar-refractivity contribution in [1.29, 1.82) is 0 Å². The Morgan fingerprint density at radius 1 is 1.16 bits per heavy atom. The van der Waals surface area contributed by atoms with Crippen LogP contribution in [0.25, 0.3) is 5.76 Å². The lowest BCUT2D eigenvalue weighted by atomic mass is 9.98. The average molecular weight is 514 g/mol. The third kappa shape index (κ3) is 3.78. The van der Waals surface area contributed by atoms with Crippen molar-refractivity contribution >= 4 is 50.7 Å². The number of carbonyl (C=O) groups is 2. The minimum atomic E-state index is -0.906. The number of hydrogen-bond acceptors (Lipinski definition) is 5. The second-order valence-electron chi connectivity index (χ2n) is 7.20. The molecule has 1 saturated heterocycles. The quantitative estimate of drug-likeness (QED) is 0.285. The first-order chi connectivity index (χ1) is 15.3. The van der Waals surface area contributed by atoms with Crippen molar-refractivity contribution in [3.05, 3.63) is 92.7 Å². The Kier molecular flexibility index (Phi) is 6.04. The number of amides is 1. The maximum atomic E-state index is 13.2. The van der Waals surface area contributed by atoms with E-state index in [-0.39, 0.29) is 11.3 Å². The summed E-state index contributed by atoms with van der Waals surface area (Å²) in [7, 11) is 1.53. The van der Waals surface area contributed by atoms with E-state index in [1.807, 2.05) is 0 Å². The highest BCUT2D eigenvalue weighted by atomic mass is 79.9. The largest absolute Gasteiger partial charge is 0.507 e. The van der Waals surface area contributed by atoms with Gasteiger partial charge in [-0.1, -0.05) is 17.7 Å². The van der Waals surface area contributed by atoms with Crippen LogP contribution < -0.4 is 9.64 Å². The molecule has 1 amide bonds. The molecule has 6 nitrogen and oxygen atoms in total. The number of ketones is 1. The lowest BCUT2D eigenvalue weighted by molar-refractivity contribution is -0.132. The first-order valence-corrected chi connectivity index (χ1v) is 10.8. The molecule has 2 aromatic carbocycles. The predicted octanol–water partition coefficient (Wildman–Crippen LogP) is 5.44. The van der Waals surface area contributed by atoms with Gasteiger partial charge in [0.1, 0.15) is 17.6 Å². The molecule has 1 fully saturated rings. The van der Waals surface area contributed by atoms with Crippen LogP contribution in [-0.2, 0) is 9.59 Å². The molecule has 1 aliphatic heterocycles. The Morgan fingerprint density at radius 2 is 1.94 bits per heavy atom. The molecule has 0 aliphatic carbocycles. The molecule has 1 atom stereocenters. The molecule has 162 valence electrons. The highest BCUT2D eigenvalue weighted by Crippen LogP contribution is 2.43. The smallest absolute Gasteiger partial charge is 0.300 e. The average Bonchev–Trinajstić information content (AvgIpc) is 3.04. The molecule has 8 heteroatoms. The second kappa shape index (κ2) is 8.76. The van der Waals surface area contributed by atoms with Crippen molar-refractivity contribution < 1.29 is 19.4 Å². The van der Waals surface area contributed by atoms with Gasteiger partial charge in [-0.15, -0.1) is 0 Å². The van der Waals surface area contributed by atoms with Crippen molar-refractivity contribution in [3.63, 3.8) is 0 Å². The molecular formula is C24H18BrClN2O4. The summed E-state index contributed by atoms with van der Waals surface area (Å²) in [6.45, 7) is 1.80.